The third-order valence-electron chi connectivity index (χ3n) is 3.35. The van der Waals surface area contributed by atoms with E-state index in [2.05, 4.69) is 24.5 Å². The first kappa shape index (κ1) is 17.5. The first-order chi connectivity index (χ1) is 11.5. The second kappa shape index (κ2) is 8.72. The Morgan fingerprint density at radius 3 is 2.29 bits per heavy atom. The summed E-state index contributed by atoms with van der Waals surface area (Å²) in [5.41, 5.74) is 1.19. The van der Waals surface area contributed by atoms with Gasteiger partial charge in [-0.3, -0.25) is 10.1 Å². The molecule has 0 heterocycles. The number of hydrogen-bond donors (Lipinski definition) is 2. The summed E-state index contributed by atoms with van der Waals surface area (Å²) in [6.07, 6.45) is 0.363. The van der Waals surface area contributed by atoms with Gasteiger partial charge in [0.05, 0.1) is 0 Å². The Kier molecular flexibility index (Phi) is 6.37. The summed E-state index contributed by atoms with van der Waals surface area (Å²) in [5.74, 6) is 0.794. The number of amides is 2. The zero-order valence-electron chi connectivity index (χ0n) is 13.9. The molecule has 5 nitrogen and oxygen atoms in total. The van der Waals surface area contributed by atoms with Gasteiger partial charge < -0.3 is 10.1 Å². The molecule has 0 unspecified atom stereocenters. The number of carbonyl (C=O) groups excluding carboxylic acids is 2. The van der Waals surface area contributed by atoms with Crippen molar-refractivity contribution in [2.75, 3.05) is 11.9 Å². The third-order valence-corrected chi connectivity index (χ3v) is 3.35. The minimum absolute atomic E-state index is 0.129. The van der Waals surface area contributed by atoms with Crippen LogP contribution in [0.4, 0.5) is 10.5 Å². The fourth-order valence-corrected chi connectivity index (χ4v) is 2.02. The largest absolute Gasteiger partial charge is 0.417 e. The molecule has 2 rings (SSSR count). The van der Waals surface area contributed by atoms with Gasteiger partial charge in [0.1, 0.15) is 5.75 Å². The third kappa shape index (κ3) is 5.76. The minimum Gasteiger partial charge on any atom is -0.410 e. The molecule has 2 amide bonds. The van der Waals surface area contributed by atoms with E-state index >= 15 is 0 Å². The quantitative estimate of drug-likeness (QED) is 0.840. The molecule has 0 saturated carbocycles. The van der Waals surface area contributed by atoms with E-state index in [1.165, 1.54) is 0 Å². The predicted molar refractivity (Wildman–Crippen MR) is 94.3 cm³/mol. The molecule has 5 heteroatoms. The first-order valence-corrected chi connectivity index (χ1v) is 7.97. The summed E-state index contributed by atoms with van der Waals surface area (Å²) >= 11 is 0. The van der Waals surface area contributed by atoms with Crippen molar-refractivity contribution in [2.45, 2.75) is 20.3 Å². The molecular weight excluding hydrogens is 304 g/mol. The van der Waals surface area contributed by atoms with Crippen LogP contribution in [0.3, 0.4) is 0 Å². The molecule has 24 heavy (non-hydrogen) atoms. The highest BCUT2D eigenvalue weighted by atomic mass is 16.6. The number of benzene rings is 2. The van der Waals surface area contributed by atoms with Crippen LogP contribution in [0.1, 0.15) is 30.6 Å². The fraction of sp³-hybridized carbons (Fsp3) is 0.263. The number of anilines is 1. The fourth-order valence-electron chi connectivity index (χ4n) is 2.02. The van der Waals surface area contributed by atoms with Crippen molar-refractivity contribution in [3.05, 3.63) is 60.2 Å². The Labute approximate surface area is 142 Å². The molecule has 2 N–H and O–H groups in total. The van der Waals surface area contributed by atoms with Crippen molar-refractivity contribution in [2.24, 2.45) is 5.92 Å². The van der Waals surface area contributed by atoms with Gasteiger partial charge in [-0.05, 0) is 48.7 Å². The monoisotopic (exact) mass is 326 g/mol. The molecule has 0 atom stereocenters. The van der Waals surface area contributed by atoms with E-state index in [9.17, 15) is 9.59 Å². The zero-order chi connectivity index (χ0) is 17.4. The predicted octanol–water partition coefficient (Wildman–Crippen LogP) is 4.07. The minimum atomic E-state index is -0.574. The zero-order valence-corrected chi connectivity index (χ0v) is 13.9. The molecule has 0 aliphatic heterocycles. The lowest BCUT2D eigenvalue weighted by molar-refractivity contribution is 0.0952. The van der Waals surface area contributed by atoms with Crippen LogP contribution >= 0.6 is 0 Å². The number of nitrogens with one attached hydrogen (secondary N) is 2. The summed E-state index contributed by atoms with van der Waals surface area (Å²) < 4.78 is 5.18. The van der Waals surface area contributed by atoms with Crippen molar-refractivity contribution >= 4 is 17.7 Å². The van der Waals surface area contributed by atoms with Crippen LogP contribution in [0.15, 0.2) is 54.6 Å². The van der Waals surface area contributed by atoms with Gasteiger partial charge in [0.15, 0.2) is 0 Å². The van der Waals surface area contributed by atoms with E-state index in [1.807, 2.05) is 18.2 Å². The van der Waals surface area contributed by atoms with E-state index in [1.54, 1.807) is 36.4 Å². The molecule has 0 aliphatic rings. The smallest absolute Gasteiger partial charge is 0.410 e. The maximum atomic E-state index is 12.0. The van der Waals surface area contributed by atoms with Gasteiger partial charge in [0.25, 0.3) is 5.91 Å². The lowest BCUT2D eigenvalue weighted by atomic mass is 10.1. The molecule has 2 aromatic rings. The topological polar surface area (TPSA) is 67.4 Å². The molecule has 0 spiro atoms. The summed E-state index contributed by atoms with van der Waals surface area (Å²) in [6, 6.07) is 15.5. The summed E-state index contributed by atoms with van der Waals surface area (Å²) in [4.78, 5) is 23.8. The van der Waals surface area contributed by atoms with Crippen molar-refractivity contribution in [1.82, 2.24) is 5.32 Å². The average Bonchev–Trinajstić information content (AvgIpc) is 2.56. The van der Waals surface area contributed by atoms with Crippen LogP contribution in [0, 0.1) is 5.92 Å². The highest BCUT2D eigenvalue weighted by Crippen LogP contribution is 2.14. The Balaban J connectivity index is 1.85. The van der Waals surface area contributed by atoms with Crippen molar-refractivity contribution in [3.63, 3.8) is 0 Å². The molecule has 0 bridgehead atoms. The molecule has 0 fully saturated rings. The molecule has 0 aliphatic carbocycles. The lowest BCUT2D eigenvalue weighted by Gasteiger charge is -2.09. The van der Waals surface area contributed by atoms with Crippen LogP contribution < -0.4 is 15.4 Å². The average molecular weight is 326 g/mol. The van der Waals surface area contributed by atoms with Crippen LogP contribution in [0.5, 0.6) is 5.75 Å². The number of hydrogen-bond acceptors (Lipinski definition) is 3. The lowest BCUT2D eigenvalue weighted by Crippen LogP contribution is -2.25. The summed E-state index contributed by atoms with van der Waals surface area (Å²) in [6.45, 7) is 4.87. The van der Waals surface area contributed by atoms with Gasteiger partial charge >= 0.3 is 6.09 Å². The van der Waals surface area contributed by atoms with Crippen molar-refractivity contribution < 1.29 is 14.3 Å². The first-order valence-electron chi connectivity index (χ1n) is 7.97. The van der Waals surface area contributed by atoms with Crippen molar-refractivity contribution in [1.29, 1.82) is 0 Å². The Bertz CT molecular complexity index is 667. The van der Waals surface area contributed by atoms with E-state index in [-0.39, 0.29) is 5.91 Å². The molecular formula is C19H22N2O3. The maximum Gasteiger partial charge on any atom is 0.417 e. The maximum absolute atomic E-state index is 12.0. The van der Waals surface area contributed by atoms with Crippen LogP contribution in [-0.2, 0) is 0 Å². The van der Waals surface area contributed by atoms with E-state index in [0.29, 0.717) is 29.5 Å². The number of rotatable bonds is 6. The van der Waals surface area contributed by atoms with Gasteiger partial charge in [-0.25, -0.2) is 4.79 Å². The second-order valence-corrected chi connectivity index (χ2v) is 5.84. The number of para-hydroxylation sites is 1. The van der Waals surface area contributed by atoms with Crippen LogP contribution in [-0.4, -0.2) is 18.5 Å². The van der Waals surface area contributed by atoms with Gasteiger partial charge in [0.2, 0.25) is 0 Å². The molecule has 0 aromatic heterocycles. The normalized spacial score (nSPS) is 10.3. The van der Waals surface area contributed by atoms with Crippen LogP contribution in [0.2, 0.25) is 0 Å². The van der Waals surface area contributed by atoms with Crippen LogP contribution in [0.25, 0.3) is 0 Å². The Morgan fingerprint density at radius 2 is 1.67 bits per heavy atom. The highest BCUT2D eigenvalue weighted by molar-refractivity contribution is 5.94. The summed E-state index contributed by atoms with van der Waals surface area (Å²) in [7, 11) is 0. The standard InChI is InChI=1S/C19H22N2O3/c1-14(2)12-13-20-18(22)15-8-10-17(11-9-15)24-19(23)21-16-6-4-3-5-7-16/h3-11,14H,12-13H2,1-2H3,(H,20,22)(H,21,23). The Hall–Kier alpha value is -2.82. The Morgan fingerprint density at radius 1 is 1.00 bits per heavy atom. The second-order valence-electron chi connectivity index (χ2n) is 5.84. The van der Waals surface area contributed by atoms with E-state index in [4.69, 9.17) is 4.74 Å². The molecule has 0 radical (unpaired) electrons. The summed E-state index contributed by atoms with van der Waals surface area (Å²) in [5, 5.41) is 5.49. The van der Waals surface area contributed by atoms with Gasteiger partial charge in [-0.1, -0.05) is 32.0 Å². The van der Waals surface area contributed by atoms with Gasteiger partial charge in [-0.15, -0.1) is 0 Å². The highest BCUT2D eigenvalue weighted by Gasteiger charge is 2.08. The molecule has 2 aromatic carbocycles. The van der Waals surface area contributed by atoms with E-state index < -0.39 is 6.09 Å². The van der Waals surface area contributed by atoms with Crippen molar-refractivity contribution in [3.8, 4) is 5.75 Å². The SMILES string of the molecule is CC(C)CCNC(=O)c1ccc(OC(=O)Nc2ccccc2)cc1. The van der Waals surface area contributed by atoms with Gasteiger partial charge in [-0.2, -0.15) is 0 Å². The van der Waals surface area contributed by atoms with E-state index in [0.717, 1.165) is 6.42 Å². The molecule has 126 valence electrons. The number of carbonyl (C=O) groups is 2. The number of ether oxygens (including phenoxy) is 1. The molecule has 0 saturated heterocycles. The van der Waals surface area contributed by atoms with Gasteiger partial charge in [0, 0.05) is 17.8 Å².